The lowest BCUT2D eigenvalue weighted by Gasteiger charge is -2.15. The molecule has 2 amide bonds. The van der Waals surface area contributed by atoms with Gasteiger partial charge in [-0.05, 0) is 36.8 Å². The molecule has 0 aliphatic carbocycles. The van der Waals surface area contributed by atoms with Crippen LogP contribution in [0.5, 0.6) is 5.75 Å². The quantitative estimate of drug-likeness (QED) is 0.775. The molecule has 0 spiro atoms. The third-order valence-electron chi connectivity index (χ3n) is 4.03. The molecule has 2 aromatic rings. The van der Waals surface area contributed by atoms with Crippen molar-refractivity contribution in [1.29, 1.82) is 0 Å². The lowest BCUT2D eigenvalue weighted by molar-refractivity contribution is -0.127. The van der Waals surface area contributed by atoms with Crippen LogP contribution < -0.4 is 5.32 Å². The molecule has 7 heteroatoms. The fraction of sp³-hybridized carbons (Fsp3) is 0.353. The van der Waals surface area contributed by atoms with Gasteiger partial charge in [0, 0.05) is 25.1 Å². The van der Waals surface area contributed by atoms with Gasteiger partial charge in [-0.3, -0.25) is 14.7 Å². The standard InChI is InChI=1S/C17H20N4O3/c1-2-7-21-10-12(8-16(21)23)18-17(24)15-9-14(19-20-15)11-3-5-13(22)6-4-11/h3-6,9,12,22H,2,7-8,10H2,1H3,(H,18,24)(H,19,20)/t12-/m0/s1. The predicted octanol–water partition coefficient (Wildman–Crippen LogP) is 1.52. The van der Waals surface area contributed by atoms with Gasteiger partial charge in [0.25, 0.3) is 5.91 Å². The second-order valence-electron chi connectivity index (χ2n) is 5.93. The first-order valence-corrected chi connectivity index (χ1v) is 8.00. The summed E-state index contributed by atoms with van der Waals surface area (Å²) >= 11 is 0. The topological polar surface area (TPSA) is 98.3 Å². The summed E-state index contributed by atoms with van der Waals surface area (Å²) < 4.78 is 0. The zero-order chi connectivity index (χ0) is 17.1. The molecule has 24 heavy (non-hydrogen) atoms. The summed E-state index contributed by atoms with van der Waals surface area (Å²) in [6.07, 6.45) is 1.24. The summed E-state index contributed by atoms with van der Waals surface area (Å²) in [5.41, 5.74) is 1.77. The van der Waals surface area contributed by atoms with E-state index in [-0.39, 0.29) is 23.6 Å². The second-order valence-corrected chi connectivity index (χ2v) is 5.93. The SMILES string of the molecule is CCCN1C[C@@H](NC(=O)c2cc(-c3ccc(O)cc3)n[nH]2)CC1=O. The average molecular weight is 328 g/mol. The fourth-order valence-corrected chi connectivity index (χ4v) is 2.84. The van der Waals surface area contributed by atoms with E-state index >= 15 is 0 Å². The molecule has 126 valence electrons. The maximum Gasteiger partial charge on any atom is 0.269 e. The van der Waals surface area contributed by atoms with Crippen molar-refractivity contribution < 1.29 is 14.7 Å². The molecule has 3 N–H and O–H groups in total. The Bertz CT molecular complexity index is 739. The lowest BCUT2D eigenvalue weighted by Crippen LogP contribution is -2.37. The van der Waals surface area contributed by atoms with Crippen LogP contribution in [0, 0.1) is 0 Å². The van der Waals surface area contributed by atoms with Crippen molar-refractivity contribution in [1.82, 2.24) is 20.4 Å². The van der Waals surface area contributed by atoms with E-state index in [4.69, 9.17) is 0 Å². The molecule has 3 rings (SSSR count). The van der Waals surface area contributed by atoms with Crippen LogP contribution >= 0.6 is 0 Å². The van der Waals surface area contributed by atoms with Gasteiger partial charge in [0.15, 0.2) is 0 Å². The van der Waals surface area contributed by atoms with Crippen molar-refractivity contribution in [2.75, 3.05) is 13.1 Å². The highest BCUT2D eigenvalue weighted by Crippen LogP contribution is 2.20. The zero-order valence-corrected chi connectivity index (χ0v) is 13.5. The van der Waals surface area contributed by atoms with Gasteiger partial charge in [-0.2, -0.15) is 5.10 Å². The number of nitrogens with one attached hydrogen (secondary N) is 2. The molecule has 0 saturated carbocycles. The van der Waals surface area contributed by atoms with Crippen LogP contribution in [-0.2, 0) is 4.79 Å². The summed E-state index contributed by atoms with van der Waals surface area (Å²) in [7, 11) is 0. The monoisotopic (exact) mass is 328 g/mol. The number of likely N-dealkylation sites (tertiary alicyclic amines) is 1. The van der Waals surface area contributed by atoms with Crippen LogP contribution in [0.3, 0.4) is 0 Å². The van der Waals surface area contributed by atoms with Crippen LogP contribution in [0.15, 0.2) is 30.3 Å². The fourth-order valence-electron chi connectivity index (χ4n) is 2.84. The van der Waals surface area contributed by atoms with Crippen molar-refractivity contribution in [2.24, 2.45) is 0 Å². The molecule has 1 atom stereocenters. The van der Waals surface area contributed by atoms with Crippen LogP contribution in [-0.4, -0.2) is 51.1 Å². The smallest absolute Gasteiger partial charge is 0.269 e. The number of benzene rings is 1. The van der Waals surface area contributed by atoms with E-state index in [1.807, 2.05) is 6.92 Å². The second kappa shape index (κ2) is 6.74. The number of hydrogen-bond acceptors (Lipinski definition) is 4. The van der Waals surface area contributed by atoms with E-state index < -0.39 is 0 Å². The van der Waals surface area contributed by atoms with Crippen LogP contribution in [0.2, 0.25) is 0 Å². The number of rotatable bonds is 5. The molecule has 1 aromatic heterocycles. The largest absolute Gasteiger partial charge is 0.508 e. The predicted molar refractivity (Wildman–Crippen MR) is 88.4 cm³/mol. The van der Waals surface area contributed by atoms with Gasteiger partial charge >= 0.3 is 0 Å². The highest BCUT2D eigenvalue weighted by molar-refractivity contribution is 5.94. The van der Waals surface area contributed by atoms with Gasteiger partial charge in [-0.15, -0.1) is 0 Å². The van der Waals surface area contributed by atoms with Crippen molar-refractivity contribution >= 4 is 11.8 Å². The van der Waals surface area contributed by atoms with Gasteiger partial charge in [0.1, 0.15) is 11.4 Å². The average Bonchev–Trinajstić information content (AvgIpc) is 3.16. The molecule has 7 nitrogen and oxygen atoms in total. The zero-order valence-electron chi connectivity index (χ0n) is 13.5. The summed E-state index contributed by atoms with van der Waals surface area (Å²) in [4.78, 5) is 25.9. The summed E-state index contributed by atoms with van der Waals surface area (Å²) in [5, 5.41) is 19.0. The van der Waals surface area contributed by atoms with Crippen LogP contribution in [0.25, 0.3) is 11.3 Å². The Hall–Kier alpha value is -2.83. The highest BCUT2D eigenvalue weighted by atomic mass is 16.3. The molecular formula is C17H20N4O3. The first-order valence-electron chi connectivity index (χ1n) is 8.00. The number of hydrogen-bond donors (Lipinski definition) is 3. The van der Waals surface area contributed by atoms with E-state index in [0.717, 1.165) is 18.5 Å². The Balaban J connectivity index is 1.64. The molecule has 1 aliphatic heterocycles. The van der Waals surface area contributed by atoms with Gasteiger partial charge < -0.3 is 15.3 Å². The molecule has 0 radical (unpaired) electrons. The van der Waals surface area contributed by atoms with Gasteiger partial charge in [0.2, 0.25) is 5.91 Å². The van der Waals surface area contributed by atoms with Crippen molar-refractivity contribution in [2.45, 2.75) is 25.8 Å². The third kappa shape index (κ3) is 3.40. The summed E-state index contributed by atoms with van der Waals surface area (Å²) in [6, 6.07) is 8.07. The minimum atomic E-state index is -0.274. The number of phenolic OH excluding ortho intramolecular Hbond substituents is 1. The van der Waals surface area contributed by atoms with Gasteiger partial charge in [0.05, 0.1) is 11.7 Å². The molecule has 2 heterocycles. The minimum Gasteiger partial charge on any atom is -0.508 e. The number of aromatic hydroxyl groups is 1. The van der Waals surface area contributed by atoms with E-state index in [1.54, 1.807) is 35.2 Å². The molecule has 1 aromatic carbocycles. The van der Waals surface area contributed by atoms with E-state index in [0.29, 0.717) is 24.4 Å². The summed E-state index contributed by atoms with van der Waals surface area (Å²) in [6.45, 7) is 3.30. The number of aromatic amines is 1. The van der Waals surface area contributed by atoms with Crippen LogP contribution in [0.4, 0.5) is 0 Å². The van der Waals surface area contributed by atoms with E-state index in [2.05, 4.69) is 15.5 Å². The number of H-pyrrole nitrogens is 1. The Morgan fingerprint density at radius 1 is 1.42 bits per heavy atom. The number of phenols is 1. The molecule has 1 aliphatic rings. The lowest BCUT2D eigenvalue weighted by atomic mass is 10.1. The number of carbonyl (C=O) groups excluding carboxylic acids is 2. The number of amides is 2. The first-order chi connectivity index (χ1) is 11.6. The molecule has 0 bridgehead atoms. The van der Waals surface area contributed by atoms with Crippen molar-refractivity contribution in [3.63, 3.8) is 0 Å². The minimum absolute atomic E-state index is 0.0801. The van der Waals surface area contributed by atoms with Crippen molar-refractivity contribution in [3.8, 4) is 17.0 Å². The normalized spacial score (nSPS) is 17.3. The maximum absolute atomic E-state index is 12.3. The third-order valence-corrected chi connectivity index (χ3v) is 4.03. The number of carbonyl (C=O) groups is 2. The highest BCUT2D eigenvalue weighted by Gasteiger charge is 2.30. The van der Waals surface area contributed by atoms with Gasteiger partial charge in [-0.1, -0.05) is 6.92 Å². The maximum atomic E-state index is 12.3. The Morgan fingerprint density at radius 2 is 2.17 bits per heavy atom. The molecule has 0 unspecified atom stereocenters. The first kappa shape index (κ1) is 16.0. The Labute approximate surface area is 139 Å². The summed E-state index contributed by atoms with van der Waals surface area (Å²) in [5.74, 6) is -0.0185. The molecular weight excluding hydrogens is 308 g/mol. The Morgan fingerprint density at radius 3 is 2.88 bits per heavy atom. The van der Waals surface area contributed by atoms with E-state index in [1.165, 1.54) is 0 Å². The molecule has 1 fully saturated rings. The number of nitrogens with zero attached hydrogens (tertiary/aromatic N) is 2. The Kier molecular flexibility index (Phi) is 4.50. The van der Waals surface area contributed by atoms with Crippen molar-refractivity contribution in [3.05, 3.63) is 36.0 Å². The molecule has 1 saturated heterocycles. The van der Waals surface area contributed by atoms with Crippen LogP contribution in [0.1, 0.15) is 30.3 Å². The van der Waals surface area contributed by atoms with E-state index in [9.17, 15) is 14.7 Å². The van der Waals surface area contributed by atoms with Gasteiger partial charge in [-0.25, -0.2) is 0 Å². The number of aromatic nitrogens is 2.